The number of nitrogen functional groups attached to an aromatic ring is 1. The summed E-state index contributed by atoms with van der Waals surface area (Å²) < 4.78 is 98.2. The first-order valence-electron chi connectivity index (χ1n) is 12.8. The minimum atomic E-state index is -3.12. The summed E-state index contributed by atoms with van der Waals surface area (Å²) in [6.07, 6.45) is -5.66. The molecule has 23 heavy (non-hydrogen) atoms. The molecular formula is C19H26N2OS. The van der Waals surface area contributed by atoms with E-state index in [0.717, 1.165) is 18.7 Å². The summed E-state index contributed by atoms with van der Waals surface area (Å²) in [5.74, 6) is -0.237. The molecule has 0 heterocycles. The number of benzene rings is 2. The molecule has 0 aromatic heterocycles. The van der Waals surface area contributed by atoms with Crippen LogP contribution in [-0.2, 0) is 6.54 Å². The molecule has 2 aromatic carbocycles. The molecule has 3 nitrogen and oxygen atoms in total. The van der Waals surface area contributed by atoms with Gasteiger partial charge in [-0.15, -0.1) is 0 Å². The molecule has 0 aliphatic carbocycles. The first kappa shape index (κ1) is 7.49. The zero-order valence-corrected chi connectivity index (χ0v) is 13.4. The van der Waals surface area contributed by atoms with Gasteiger partial charge in [0.05, 0.1) is 9.30 Å². The molecule has 0 fully saturated rings. The van der Waals surface area contributed by atoms with Crippen LogP contribution in [0.5, 0.6) is 5.75 Å². The number of para-hydroxylation sites is 1. The van der Waals surface area contributed by atoms with Crippen molar-refractivity contribution in [1.82, 2.24) is 4.90 Å². The normalized spacial score (nSPS) is 21.7. The largest absolute Gasteiger partial charge is 0.494 e. The minimum absolute atomic E-state index is 0.152. The first-order valence-corrected chi connectivity index (χ1v) is 7.60. The summed E-state index contributed by atoms with van der Waals surface area (Å²) in [6, 6.07) is 10.8. The number of nitrogens with two attached hydrogens (primary N) is 1. The Hall–Kier alpha value is -1.65. The molecule has 0 unspecified atom stereocenters. The van der Waals surface area contributed by atoms with Crippen LogP contribution in [0.1, 0.15) is 41.7 Å². The van der Waals surface area contributed by atoms with Crippen molar-refractivity contribution >= 4 is 17.4 Å². The fraction of sp³-hybridized carbons (Fsp3) is 0.368. The minimum Gasteiger partial charge on any atom is -0.494 e. The second-order valence-corrected chi connectivity index (χ2v) is 5.66. The van der Waals surface area contributed by atoms with E-state index in [0.29, 0.717) is 20.4 Å². The van der Waals surface area contributed by atoms with Crippen molar-refractivity contribution in [2.45, 2.75) is 36.0 Å². The molecular weight excluding hydrogens is 304 g/mol. The van der Waals surface area contributed by atoms with Crippen LogP contribution in [0.25, 0.3) is 0 Å². The van der Waals surface area contributed by atoms with Gasteiger partial charge in [0.1, 0.15) is 5.75 Å². The number of hydrogen-bond donors (Lipinski definition) is 1. The Kier molecular flexibility index (Phi) is 2.88. The van der Waals surface area contributed by atoms with E-state index in [2.05, 4.69) is 0 Å². The monoisotopic (exact) mass is 342 g/mol. The SMILES string of the molecule is [2H]C([2H])([2H])N(Cc1cc(OC([2H])([2H])C([2H])([2H])C([2H])([2H])C)ccc1Sc1ccccc1N)C([2H])([2H])[2H]. The molecule has 0 spiro atoms. The fourth-order valence-corrected chi connectivity index (χ4v) is 2.80. The summed E-state index contributed by atoms with van der Waals surface area (Å²) in [6.45, 7) is -8.80. The Morgan fingerprint density at radius 2 is 2.04 bits per heavy atom. The third kappa shape index (κ3) is 5.48. The Morgan fingerprint density at radius 1 is 1.22 bits per heavy atom. The summed E-state index contributed by atoms with van der Waals surface area (Å²) in [5.41, 5.74) is 6.58. The van der Waals surface area contributed by atoms with Gasteiger partial charge in [0.25, 0.3) is 0 Å². The van der Waals surface area contributed by atoms with Crippen molar-refractivity contribution in [3.63, 3.8) is 0 Å². The third-order valence-electron chi connectivity index (χ3n) is 2.84. The van der Waals surface area contributed by atoms with Crippen molar-refractivity contribution < 1.29 is 21.2 Å². The maximum atomic E-state index is 8.01. The van der Waals surface area contributed by atoms with Gasteiger partial charge < -0.3 is 15.4 Å². The lowest BCUT2D eigenvalue weighted by atomic mass is 10.2. The maximum Gasteiger partial charge on any atom is 0.119 e. The molecule has 0 bridgehead atoms. The van der Waals surface area contributed by atoms with Gasteiger partial charge in [-0.25, -0.2) is 0 Å². The molecule has 0 saturated carbocycles. The Morgan fingerprint density at radius 3 is 2.78 bits per heavy atom. The second-order valence-electron chi connectivity index (χ2n) is 4.57. The van der Waals surface area contributed by atoms with Gasteiger partial charge in [-0.05, 0) is 56.2 Å². The number of rotatable bonds is 8. The summed E-state index contributed by atoms with van der Waals surface area (Å²) >= 11 is 1.14. The van der Waals surface area contributed by atoms with E-state index in [1.807, 2.05) is 0 Å². The number of anilines is 1. The standard InChI is InChI=1S/C19H26N2OS/c1-4-5-12-22-16-10-11-18(15(13-16)14-21(2)3)23-19-9-7-6-8-17(19)20/h6-11,13H,4-5,12,14,20H2,1-3H3/i2D3,3D3,4D2,5D2,12D2. The molecule has 0 aliphatic rings. The molecule has 2 aromatic rings. The van der Waals surface area contributed by atoms with E-state index in [1.165, 1.54) is 18.2 Å². The lowest BCUT2D eigenvalue weighted by Crippen LogP contribution is -2.11. The quantitative estimate of drug-likeness (QED) is 0.708. The van der Waals surface area contributed by atoms with Gasteiger partial charge in [0.2, 0.25) is 0 Å². The molecule has 4 heteroatoms. The zero-order chi connectivity index (χ0) is 27.0. The van der Waals surface area contributed by atoms with E-state index in [-0.39, 0.29) is 11.3 Å². The average Bonchev–Trinajstić information content (AvgIpc) is 2.66. The number of ether oxygens (including phenoxy) is 1. The zero-order valence-electron chi connectivity index (χ0n) is 24.6. The van der Waals surface area contributed by atoms with E-state index >= 15 is 0 Å². The van der Waals surface area contributed by atoms with Crippen LogP contribution in [0.15, 0.2) is 52.3 Å². The molecule has 0 radical (unpaired) electrons. The van der Waals surface area contributed by atoms with E-state index in [9.17, 15) is 0 Å². The van der Waals surface area contributed by atoms with Crippen LogP contribution in [0.3, 0.4) is 0 Å². The first-order chi connectivity index (χ1) is 15.7. The fourth-order valence-electron chi connectivity index (χ4n) is 1.84. The molecule has 0 saturated heterocycles. The third-order valence-corrected chi connectivity index (χ3v) is 4.05. The van der Waals surface area contributed by atoms with Crippen molar-refractivity contribution in [1.29, 1.82) is 0 Å². The second kappa shape index (κ2) is 8.85. The lowest BCUT2D eigenvalue weighted by molar-refractivity contribution is 0.308. The topological polar surface area (TPSA) is 38.5 Å². The molecule has 2 rings (SSSR count). The number of hydrogen-bond acceptors (Lipinski definition) is 4. The van der Waals surface area contributed by atoms with Crippen molar-refractivity contribution in [2.24, 2.45) is 0 Å². The lowest BCUT2D eigenvalue weighted by Gasteiger charge is -2.16. The summed E-state index contributed by atoms with van der Waals surface area (Å²) in [4.78, 5) is 1.36. The van der Waals surface area contributed by atoms with Gasteiger partial charge >= 0.3 is 0 Å². The molecule has 0 aliphatic heterocycles. The molecule has 0 amide bonds. The maximum absolute atomic E-state index is 8.01. The van der Waals surface area contributed by atoms with Crippen molar-refractivity contribution in [3.8, 4) is 5.75 Å². The van der Waals surface area contributed by atoms with Crippen LogP contribution in [-0.4, -0.2) is 25.4 Å². The molecule has 0 atom stereocenters. The van der Waals surface area contributed by atoms with Crippen molar-refractivity contribution in [2.75, 3.05) is 26.2 Å². The van der Waals surface area contributed by atoms with E-state index in [4.69, 9.17) is 26.9 Å². The highest BCUT2D eigenvalue weighted by molar-refractivity contribution is 7.99. The highest BCUT2D eigenvalue weighted by Crippen LogP contribution is 2.35. The molecule has 2 N–H and O–H groups in total. The van der Waals surface area contributed by atoms with Crippen LogP contribution in [0.2, 0.25) is 0 Å². The Labute approximate surface area is 160 Å². The van der Waals surface area contributed by atoms with Gasteiger partial charge in [-0.3, -0.25) is 0 Å². The summed E-state index contributed by atoms with van der Waals surface area (Å²) in [7, 11) is 0. The average molecular weight is 343 g/mol. The van der Waals surface area contributed by atoms with Gasteiger partial charge in [0, 0.05) is 35.7 Å². The van der Waals surface area contributed by atoms with Crippen molar-refractivity contribution in [3.05, 3.63) is 48.0 Å². The van der Waals surface area contributed by atoms with E-state index < -0.39 is 39.8 Å². The van der Waals surface area contributed by atoms with Gasteiger partial charge in [-0.2, -0.15) is 0 Å². The predicted octanol–water partition coefficient (Wildman–Crippen LogP) is 4.66. The number of nitrogens with zero attached hydrogens (tertiary/aromatic N) is 1. The van der Waals surface area contributed by atoms with Crippen LogP contribution in [0.4, 0.5) is 5.69 Å². The highest BCUT2D eigenvalue weighted by atomic mass is 32.2. The molecule has 124 valence electrons. The highest BCUT2D eigenvalue weighted by Gasteiger charge is 2.09. The van der Waals surface area contributed by atoms with Gasteiger partial charge in [0.15, 0.2) is 0 Å². The predicted molar refractivity (Wildman–Crippen MR) is 99.2 cm³/mol. The Balaban J connectivity index is 2.56. The van der Waals surface area contributed by atoms with Crippen LogP contribution in [0, 0.1) is 0 Å². The Bertz CT molecular complexity index is 1020. The summed E-state index contributed by atoms with van der Waals surface area (Å²) in [5, 5.41) is 0. The van der Waals surface area contributed by atoms with Gasteiger partial charge in [-0.1, -0.05) is 37.2 Å². The smallest absolute Gasteiger partial charge is 0.119 e. The van der Waals surface area contributed by atoms with Crippen LogP contribution < -0.4 is 10.5 Å². The van der Waals surface area contributed by atoms with Crippen LogP contribution >= 0.6 is 11.8 Å². The van der Waals surface area contributed by atoms with E-state index in [1.54, 1.807) is 24.3 Å².